The molecule has 6 heteroatoms. The van der Waals surface area contributed by atoms with Crippen LogP contribution < -0.4 is 0 Å². The van der Waals surface area contributed by atoms with E-state index in [4.69, 9.17) is 16.0 Å². The molecule has 1 aliphatic rings. The summed E-state index contributed by atoms with van der Waals surface area (Å²) in [5, 5.41) is 0.606. The molecule has 1 fully saturated rings. The molecular formula is C21H20ClN3O2. The van der Waals surface area contributed by atoms with Crippen molar-refractivity contribution in [2.75, 3.05) is 26.2 Å². The van der Waals surface area contributed by atoms with Crippen molar-refractivity contribution in [1.82, 2.24) is 14.8 Å². The number of amides is 1. The molecule has 138 valence electrons. The van der Waals surface area contributed by atoms with Crippen molar-refractivity contribution in [3.63, 3.8) is 0 Å². The van der Waals surface area contributed by atoms with Crippen molar-refractivity contribution in [3.8, 4) is 11.3 Å². The maximum Gasteiger partial charge on any atom is 0.289 e. The first kappa shape index (κ1) is 17.8. The summed E-state index contributed by atoms with van der Waals surface area (Å²) in [5.74, 6) is 0.881. The molecule has 0 saturated carbocycles. The lowest BCUT2D eigenvalue weighted by molar-refractivity contribution is 0.0597. The van der Waals surface area contributed by atoms with E-state index in [1.807, 2.05) is 53.6 Å². The van der Waals surface area contributed by atoms with Gasteiger partial charge < -0.3 is 9.32 Å². The van der Waals surface area contributed by atoms with Crippen LogP contribution in [0, 0.1) is 0 Å². The van der Waals surface area contributed by atoms with E-state index in [1.165, 1.54) is 0 Å². The number of carbonyl (C=O) groups excluding carboxylic acids is 1. The van der Waals surface area contributed by atoms with Crippen LogP contribution in [0.25, 0.3) is 11.3 Å². The number of carbonyl (C=O) groups is 1. The van der Waals surface area contributed by atoms with Gasteiger partial charge in [0.1, 0.15) is 5.76 Å². The third-order valence-corrected chi connectivity index (χ3v) is 5.06. The maximum atomic E-state index is 12.8. The highest BCUT2D eigenvalue weighted by atomic mass is 35.5. The van der Waals surface area contributed by atoms with Gasteiger partial charge in [0.25, 0.3) is 5.91 Å². The second-order valence-electron chi connectivity index (χ2n) is 6.53. The minimum atomic E-state index is -0.0780. The predicted molar refractivity (Wildman–Crippen MR) is 105 cm³/mol. The molecular weight excluding hydrogens is 362 g/mol. The zero-order valence-corrected chi connectivity index (χ0v) is 15.6. The van der Waals surface area contributed by atoms with Crippen LogP contribution in [-0.2, 0) is 6.54 Å². The molecule has 0 unspecified atom stereocenters. The minimum absolute atomic E-state index is 0.0780. The van der Waals surface area contributed by atoms with Crippen LogP contribution in [0.2, 0.25) is 5.02 Å². The van der Waals surface area contributed by atoms with Crippen LogP contribution in [-0.4, -0.2) is 46.9 Å². The molecule has 1 aliphatic heterocycles. The number of rotatable bonds is 4. The Bertz CT molecular complexity index is 918. The van der Waals surface area contributed by atoms with Crippen LogP contribution in [0.15, 0.2) is 65.2 Å². The van der Waals surface area contributed by atoms with Crippen molar-refractivity contribution < 1.29 is 9.21 Å². The third kappa shape index (κ3) is 4.04. The Morgan fingerprint density at radius 1 is 1.00 bits per heavy atom. The largest absolute Gasteiger partial charge is 0.451 e. The van der Waals surface area contributed by atoms with Crippen molar-refractivity contribution in [2.45, 2.75) is 6.54 Å². The second kappa shape index (κ2) is 7.94. The Kier molecular flexibility index (Phi) is 5.23. The number of hydrogen-bond donors (Lipinski definition) is 0. The maximum absolute atomic E-state index is 12.8. The fraction of sp³-hybridized carbons (Fsp3) is 0.238. The fourth-order valence-electron chi connectivity index (χ4n) is 3.24. The summed E-state index contributed by atoms with van der Waals surface area (Å²) >= 11 is 6.21. The molecule has 0 radical (unpaired) electrons. The van der Waals surface area contributed by atoms with Crippen LogP contribution >= 0.6 is 11.6 Å². The molecule has 1 amide bonds. The summed E-state index contributed by atoms with van der Waals surface area (Å²) in [5.41, 5.74) is 1.84. The molecule has 4 rings (SSSR count). The lowest BCUT2D eigenvalue weighted by Gasteiger charge is -2.34. The van der Waals surface area contributed by atoms with E-state index in [9.17, 15) is 4.79 Å². The molecule has 0 bridgehead atoms. The molecule has 0 spiro atoms. The van der Waals surface area contributed by atoms with E-state index >= 15 is 0 Å². The first-order valence-corrected chi connectivity index (χ1v) is 9.35. The van der Waals surface area contributed by atoms with Gasteiger partial charge in [-0.1, -0.05) is 29.8 Å². The summed E-state index contributed by atoms with van der Waals surface area (Å²) in [7, 11) is 0. The summed E-state index contributed by atoms with van der Waals surface area (Å²) in [6, 6.07) is 16.9. The van der Waals surface area contributed by atoms with Gasteiger partial charge in [-0.3, -0.25) is 14.7 Å². The highest BCUT2D eigenvalue weighted by Gasteiger charge is 2.24. The Balaban J connectivity index is 1.38. The van der Waals surface area contributed by atoms with Crippen molar-refractivity contribution in [3.05, 3.63) is 77.3 Å². The van der Waals surface area contributed by atoms with Crippen LogP contribution in [0.4, 0.5) is 0 Å². The minimum Gasteiger partial charge on any atom is -0.451 e. The molecule has 5 nitrogen and oxygen atoms in total. The van der Waals surface area contributed by atoms with Crippen LogP contribution in [0.5, 0.6) is 0 Å². The molecule has 3 aromatic rings. The molecule has 0 aliphatic carbocycles. The average molecular weight is 382 g/mol. The van der Waals surface area contributed by atoms with E-state index < -0.39 is 0 Å². The Hall–Kier alpha value is -2.63. The molecule has 2 aromatic heterocycles. The normalized spacial score (nSPS) is 15.1. The number of nitrogens with zero attached hydrogens (tertiary/aromatic N) is 3. The molecule has 1 aromatic carbocycles. The van der Waals surface area contributed by atoms with Crippen molar-refractivity contribution in [2.24, 2.45) is 0 Å². The van der Waals surface area contributed by atoms with Crippen LogP contribution in [0.1, 0.15) is 16.2 Å². The number of halogens is 1. The quantitative estimate of drug-likeness (QED) is 0.686. The van der Waals surface area contributed by atoms with Gasteiger partial charge in [-0.15, -0.1) is 0 Å². The zero-order valence-electron chi connectivity index (χ0n) is 14.8. The number of pyridine rings is 1. The van der Waals surface area contributed by atoms with Crippen molar-refractivity contribution >= 4 is 17.5 Å². The smallest absolute Gasteiger partial charge is 0.289 e. The predicted octanol–water partition coefficient (Wildman–Crippen LogP) is 3.95. The SMILES string of the molecule is O=C(c1ccc(-c2ccccc2Cl)o1)N1CCN(Cc2ccccn2)CC1. The monoisotopic (exact) mass is 381 g/mol. The van der Waals surface area contributed by atoms with E-state index in [-0.39, 0.29) is 5.91 Å². The van der Waals surface area contributed by atoms with E-state index in [0.29, 0.717) is 29.6 Å². The summed E-state index contributed by atoms with van der Waals surface area (Å²) in [6.45, 7) is 3.79. The average Bonchev–Trinajstić information content (AvgIpc) is 3.19. The molecule has 0 N–H and O–H groups in total. The van der Waals surface area contributed by atoms with Gasteiger partial charge in [0.15, 0.2) is 5.76 Å². The molecule has 1 saturated heterocycles. The Morgan fingerprint density at radius 3 is 2.52 bits per heavy atom. The van der Waals surface area contributed by atoms with Gasteiger partial charge in [-0.2, -0.15) is 0 Å². The number of benzene rings is 1. The number of piperazine rings is 1. The molecule has 0 atom stereocenters. The third-order valence-electron chi connectivity index (χ3n) is 4.73. The Morgan fingerprint density at radius 2 is 1.78 bits per heavy atom. The standard InChI is InChI=1S/C21H20ClN3O2/c22-18-7-2-1-6-17(18)19-8-9-20(27-19)21(26)25-13-11-24(12-14-25)15-16-5-3-4-10-23-16/h1-10H,11-15H2. The highest BCUT2D eigenvalue weighted by molar-refractivity contribution is 6.33. The van der Waals surface area contributed by atoms with Crippen molar-refractivity contribution in [1.29, 1.82) is 0 Å². The van der Waals surface area contributed by atoms with Gasteiger partial charge in [0.2, 0.25) is 0 Å². The van der Waals surface area contributed by atoms with E-state index in [2.05, 4.69) is 9.88 Å². The summed E-state index contributed by atoms with van der Waals surface area (Å²) in [4.78, 5) is 21.3. The first-order chi connectivity index (χ1) is 13.2. The Labute approximate surface area is 163 Å². The highest BCUT2D eigenvalue weighted by Crippen LogP contribution is 2.29. The fourth-order valence-corrected chi connectivity index (χ4v) is 3.47. The van der Waals surface area contributed by atoms with E-state index in [0.717, 1.165) is 30.9 Å². The zero-order chi connectivity index (χ0) is 18.6. The summed E-state index contributed by atoms with van der Waals surface area (Å²) < 4.78 is 5.79. The topological polar surface area (TPSA) is 49.6 Å². The van der Waals surface area contributed by atoms with Crippen LogP contribution in [0.3, 0.4) is 0 Å². The van der Waals surface area contributed by atoms with Gasteiger partial charge in [-0.05, 0) is 36.4 Å². The second-order valence-corrected chi connectivity index (χ2v) is 6.94. The molecule has 27 heavy (non-hydrogen) atoms. The first-order valence-electron chi connectivity index (χ1n) is 8.97. The number of hydrogen-bond acceptors (Lipinski definition) is 4. The van der Waals surface area contributed by atoms with Gasteiger partial charge in [0.05, 0.1) is 10.7 Å². The number of furan rings is 1. The van der Waals surface area contributed by atoms with Gasteiger partial charge in [0, 0.05) is 44.5 Å². The number of aromatic nitrogens is 1. The summed E-state index contributed by atoms with van der Waals surface area (Å²) in [6.07, 6.45) is 1.81. The lowest BCUT2D eigenvalue weighted by atomic mass is 10.2. The lowest BCUT2D eigenvalue weighted by Crippen LogP contribution is -2.48. The molecule has 3 heterocycles. The van der Waals surface area contributed by atoms with E-state index in [1.54, 1.807) is 12.1 Å². The van der Waals surface area contributed by atoms with Gasteiger partial charge in [-0.25, -0.2) is 0 Å². The van der Waals surface area contributed by atoms with Gasteiger partial charge >= 0.3 is 0 Å².